The van der Waals surface area contributed by atoms with Crippen LogP contribution in [0, 0.1) is 20.8 Å². The third-order valence-corrected chi connectivity index (χ3v) is 6.36. The van der Waals surface area contributed by atoms with E-state index in [1.165, 1.54) is 0 Å². The van der Waals surface area contributed by atoms with Crippen LogP contribution in [0.15, 0.2) is 36.4 Å². The zero-order valence-corrected chi connectivity index (χ0v) is 20.8. The van der Waals surface area contributed by atoms with E-state index in [-0.39, 0.29) is 24.5 Å². The van der Waals surface area contributed by atoms with Crippen LogP contribution < -0.4 is 10.1 Å². The SMILES string of the molecule is CC[C@H](C)NC(=O)[C@H](CC)N(Cc1ccccc1C)C(=O)COc1cc(C)c(Cl)c(C)c1. The summed E-state index contributed by atoms with van der Waals surface area (Å²) in [6.07, 6.45) is 1.34. The van der Waals surface area contributed by atoms with Crippen LogP contribution in [0.1, 0.15) is 55.9 Å². The summed E-state index contributed by atoms with van der Waals surface area (Å²) in [5.74, 6) is 0.220. The van der Waals surface area contributed by atoms with Gasteiger partial charge in [0.2, 0.25) is 5.91 Å². The number of nitrogens with one attached hydrogen (secondary N) is 1. The molecule has 32 heavy (non-hydrogen) atoms. The molecule has 0 radical (unpaired) electrons. The van der Waals surface area contributed by atoms with Gasteiger partial charge < -0.3 is 15.0 Å². The second-order valence-corrected chi connectivity index (χ2v) is 8.73. The topological polar surface area (TPSA) is 58.6 Å². The highest BCUT2D eigenvalue weighted by atomic mass is 35.5. The first-order valence-corrected chi connectivity index (χ1v) is 11.6. The van der Waals surface area contributed by atoms with Crippen LogP contribution in [-0.4, -0.2) is 35.4 Å². The highest BCUT2D eigenvalue weighted by molar-refractivity contribution is 6.32. The Bertz CT molecular complexity index is 921. The van der Waals surface area contributed by atoms with Gasteiger partial charge in [-0.15, -0.1) is 0 Å². The van der Waals surface area contributed by atoms with E-state index >= 15 is 0 Å². The molecule has 0 spiro atoms. The van der Waals surface area contributed by atoms with Gasteiger partial charge in [-0.05, 0) is 74.9 Å². The molecular formula is C26H35ClN2O3. The first-order chi connectivity index (χ1) is 15.2. The quantitative estimate of drug-likeness (QED) is 0.521. The standard InChI is InChI=1S/C26H35ClN2O3/c1-7-20(6)28-26(31)23(8-2)29(15-21-12-10-9-11-17(21)3)24(30)16-32-22-13-18(4)25(27)19(5)14-22/h9-14,20,23H,7-8,15-16H2,1-6H3,(H,28,31)/t20-,23-/m0/s1. The van der Waals surface area contributed by atoms with Crippen molar-refractivity contribution in [2.75, 3.05) is 6.61 Å². The van der Waals surface area contributed by atoms with Crippen LogP contribution in [0.5, 0.6) is 5.75 Å². The highest BCUT2D eigenvalue weighted by Crippen LogP contribution is 2.26. The van der Waals surface area contributed by atoms with Crippen molar-refractivity contribution in [3.05, 3.63) is 63.7 Å². The van der Waals surface area contributed by atoms with Gasteiger partial charge >= 0.3 is 0 Å². The molecule has 0 saturated carbocycles. The second-order valence-electron chi connectivity index (χ2n) is 8.35. The largest absolute Gasteiger partial charge is 0.484 e. The predicted molar refractivity (Wildman–Crippen MR) is 130 cm³/mol. The maximum absolute atomic E-state index is 13.3. The number of carbonyl (C=O) groups excluding carboxylic acids is 2. The monoisotopic (exact) mass is 458 g/mol. The fraction of sp³-hybridized carbons (Fsp3) is 0.462. The van der Waals surface area contributed by atoms with Crippen molar-refractivity contribution in [2.45, 2.75) is 73.0 Å². The highest BCUT2D eigenvalue weighted by Gasteiger charge is 2.29. The number of benzene rings is 2. The molecule has 2 aromatic rings. The normalized spacial score (nSPS) is 12.7. The number of hydrogen-bond donors (Lipinski definition) is 1. The Morgan fingerprint density at radius 2 is 1.66 bits per heavy atom. The molecule has 5 nitrogen and oxygen atoms in total. The van der Waals surface area contributed by atoms with Crippen LogP contribution in [0.25, 0.3) is 0 Å². The number of halogens is 1. The maximum Gasteiger partial charge on any atom is 0.261 e. The minimum atomic E-state index is -0.576. The van der Waals surface area contributed by atoms with Crippen molar-refractivity contribution in [3.63, 3.8) is 0 Å². The number of carbonyl (C=O) groups is 2. The number of nitrogens with zero attached hydrogens (tertiary/aromatic N) is 1. The number of amides is 2. The van der Waals surface area contributed by atoms with E-state index in [9.17, 15) is 9.59 Å². The Morgan fingerprint density at radius 3 is 2.22 bits per heavy atom. The molecule has 2 aromatic carbocycles. The molecule has 0 bridgehead atoms. The first kappa shape index (κ1) is 25.7. The third-order valence-electron chi connectivity index (χ3n) is 5.76. The van der Waals surface area contributed by atoms with Crippen LogP contribution in [-0.2, 0) is 16.1 Å². The zero-order chi connectivity index (χ0) is 23.8. The molecule has 1 N–H and O–H groups in total. The fourth-order valence-electron chi connectivity index (χ4n) is 3.55. The van der Waals surface area contributed by atoms with Crippen LogP contribution in [0.3, 0.4) is 0 Å². The minimum Gasteiger partial charge on any atom is -0.484 e. The summed E-state index contributed by atoms with van der Waals surface area (Å²) in [6.45, 7) is 11.9. The molecule has 0 aliphatic rings. The predicted octanol–water partition coefficient (Wildman–Crippen LogP) is 5.37. The number of rotatable bonds is 10. The number of ether oxygens (including phenoxy) is 1. The minimum absolute atomic E-state index is 0.0447. The van der Waals surface area contributed by atoms with Crippen LogP contribution in [0.4, 0.5) is 0 Å². The molecule has 174 valence electrons. The van der Waals surface area contributed by atoms with Crippen molar-refractivity contribution in [2.24, 2.45) is 0 Å². The summed E-state index contributed by atoms with van der Waals surface area (Å²) in [5.41, 5.74) is 3.87. The Kier molecular flexibility index (Phi) is 9.58. The van der Waals surface area contributed by atoms with Crippen molar-refractivity contribution in [1.82, 2.24) is 10.2 Å². The molecule has 2 atom stereocenters. The fourth-order valence-corrected chi connectivity index (χ4v) is 3.66. The smallest absolute Gasteiger partial charge is 0.261 e. The molecule has 0 saturated heterocycles. The van der Waals surface area contributed by atoms with Gasteiger partial charge in [0.1, 0.15) is 11.8 Å². The molecule has 2 rings (SSSR count). The van der Waals surface area contributed by atoms with E-state index in [4.69, 9.17) is 16.3 Å². The van der Waals surface area contributed by atoms with E-state index in [0.717, 1.165) is 28.7 Å². The van der Waals surface area contributed by atoms with Crippen molar-refractivity contribution in [3.8, 4) is 5.75 Å². The summed E-state index contributed by atoms with van der Waals surface area (Å²) in [6, 6.07) is 11.0. The molecule has 0 fully saturated rings. The molecule has 0 aliphatic heterocycles. The Balaban J connectivity index is 2.26. The number of aryl methyl sites for hydroxylation is 3. The lowest BCUT2D eigenvalue weighted by Gasteiger charge is -2.31. The van der Waals surface area contributed by atoms with E-state index < -0.39 is 6.04 Å². The lowest BCUT2D eigenvalue weighted by Crippen LogP contribution is -2.51. The van der Waals surface area contributed by atoms with Gasteiger partial charge in [0.25, 0.3) is 5.91 Å². The number of hydrogen-bond acceptors (Lipinski definition) is 3. The average Bonchev–Trinajstić information content (AvgIpc) is 2.76. The van der Waals surface area contributed by atoms with Gasteiger partial charge in [0, 0.05) is 17.6 Å². The maximum atomic E-state index is 13.3. The summed E-state index contributed by atoms with van der Waals surface area (Å²) >= 11 is 6.24. The van der Waals surface area contributed by atoms with Crippen molar-refractivity contribution < 1.29 is 14.3 Å². The van der Waals surface area contributed by atoms with E-state index in [1.807, 2.05) is 77.9 Å². The first-order valence-electron chi connectivity index (χ1n) is 11.2. The Hall–Kier alpha value is -2.53. The van der Waals surface area contributed by atoms with Crippen LogP contribution >= 0.6 is 11.6 Å². The van der Waals surface area contributed by atoms with E-state index in [1.54, 1.807) is 4.90 Å². The van der Waals surface area contributed by atoms with Gasteiger partial charge in [-0.25, -0.2) is 0 Å². The lowest BCUT2D eigenvalue weighted by atomic mass is 10.1. The lowest BCUT2D eigenvalue weighted by molar-refractivity contribution is -0.143. The van der Waals surface area contributed by atoms with Crippen molar-refractivity contribution in [1.29, 1.82) is 0 Å². The summed E-state index contributed by atoms with van der Waals surface area (Å²) in [5, 5.41) is 3.72. The zero-order valence-electron chi connectivity index (χ0n) is 20.0. The molecule has 6 heteroatoms. The summed E-state index contributed by atoms with van der Waals surface area (Å²) in [4.78, 5) is 28.0. The van der Waals surface area contributed by atoms with Gasteiger partial charge in [0.15, 0.2) is 6.61 Å². The van der Waals surface area contributed by atoms with Gasteiger partial charge in [-0.3, -0.25) is 9.59 Å². The Morgan fingerprint density at radius 1 is 1.03 bits per heavy atom. The van der Waals surface area contributed by atoms with E-state index in [2.05, 4.69) is 5.32 Å². The molecular weight excluding hydrogens is 424 g/mol. The van der Waals surface area contributed by atoms with Gasteiger partial charge in [-0.1, -0.05) is 49.7 Å². The molecule has 0 unspecified atom stereocenters. The summed E-state index contributed by atoms with van der Waals surface area (Å²) < 4.78 is 5.83. The van der Waals surface area contributed by atoms with Gasteiger partial charge in [-0.2, -0.15) is 0 Å². The van der Waals surface area contributed by atoms with E-state index in [0.29, 0.717) is 23.7 Å². The van der Waals surface area contributed by atoms with Crippen molar-refractivity contribution >= 4 is 23.4 Å². The third kappa shape index (κ3) is 6.73. The van der Waals surface area contributed by atoms with Crippen LogP contribution in [0.2, 0.25) is 5.02 Å². The average molecular weight is 459 g/mol. The molecule has 0 aromatic heterocycles. The molecule has 0 heterocycles. The Labute approximate surface area is 197 Å². The molecule has 0 aliphatic carbocycles. The summed E-state index contributed by atoms with van der Waals surface area (Å²) in [7, 11) is 0. The van der Waals surface area contributed by atoms with Gasteiger partial charge in [0.05, 0.1) is 0 Å². The second kappa shape index (κ2) is 11.9. The molecule has 2 amide bonds.